The number of rotatable bonds is 7. The highest BCUT2D eigenvalue weighted by molar-refractivity contribution is 7.91. The summed E-state index contributed by atoms with van der Waals surface area (Å²) in [5.41, 5.74) is 0. The van der Waals surface area contributed by atoms with Crippen molar-refractivity contribution in [3.63, 3.8) is 0 Å². The summed E-state index contributed by atoms with van der Waals surface area (Å²) in [7, 11) is -6.90. The Bertz CT molecular complexity index is 647. The molecule has 1 rings (SSSR count). The van der Waals surface area contributed by atoms with E-state index in [0.29, 0.717) is 0 Å². The molecule has 0 saturated heterocycles. The molecule has 0 unspecified atom stereocenters. The molecule has 0 saturated carbocycles. The quantitative estimate of drug-likeness (QED) is 0.803. The highest BCUT2D eigenvalue weighted by atomic mass is 32.2. The molecule has 1 aromatic heterocycles. The van der Waals surface area contributed by atoms with E-state index in [1.165, 1.54) is 15.6 Å². The summed E-state index contributed by atoms with van der Waals surface area (Å²) in [6.07, 6.45) is 1.12. The average molecular weight is 340 g/mol. The fourth-order valence-corrected chi connectivity index (χ4v) is 5.26. The van der Waals surface area contributed by atoms with E-state index in [2.05, 4.69) is 4.72 Å². The van der Waals surface area contributed by atoms with Crippen LogP contribution < -0.4 is 4.72 Å². The van der Waals surface area contributed by atoms with Gasteiger partial charge in [0, 0.05) is 24.0 Å². The van der Waals surface area contributed by atoms with Crippen LogP contribution in [0.1, 0.15) is 18.7 Å². The molecule has 0 aromatic carbocycles. The molecule has 1 aromatic rings. The molecule has 0 radical (unpaired) electrons. The third kappa shape index (κ3) is 4.81. The van der Waals surface area contributed by atoms with Gasteiger partial charge in [-0.05, 0) is 32.9 Å². The van der Waals surface area contributed by atoms with Crippen LogP contribution in [-0.4, -0.2) is 46.5 Å². The van der Waals surface area contributed by atoms with Crippen LogP contribution in [0.15, 0.2) is 16.3 Å². The van der Waals surface area contributed by atoms with Crippen LogP contribution in [0.2, 0.25) is 0 Å². The predicted molar refractivity (Wildman–Crippen MR) is 80.9 cm³/mol. The number of aryl methyl sites for hydroxylation is 1. The maximum Gasteiger partial charge on any atom is 0.250 e. The zero-order chi connectivity index (χ0) is 15.6. The minimum atomic E-state index is -3.56. The fourth-order valence-electron chi connectivity index (χ4n) is 1.72. The van der Waals surface area contributed by atoms with Gasteiger partial charge >= 0.3 is 0 Å². The average Bonchev–Trinajstić information content (AvgIpc) is 2.69. The first-order chi connectivity index (χ1) is 9.04. The number of hydrogen-bond donors (Lipinski definition) is 1. The first-order valence-corrected chi connectivity index (χ1v) is 10.2. The van der Waals surface area contributed by atoms with E-state index in [4.69, 9.17) is 0 Å². The Morgan fingerprint density at radius 1 is 1.25 bits per heavy atom. The first kappa shape index (κ1) is 17.6. The summed E-state index contributed by atoms with van der Waals surface area (Å²) >= 11 is 1.18. The maximum atomic E-state index is 12.0. The molecule has 0 aliphatic heterocycles. The second kappa shape index (κ2) is 6.52. The Balaban J connectivity index is 2.68. The second-order valence-electron chi connectivity index (χ2n) is 4.73. The van der Waals surface area contributed by atoms with Crippen molar-refractivity contribution in [2.24, 2.45) is 0 Å². The van der Waals surface area contributed by atoms with Crippen LogP contribution in [0, 0.1) is 6.92 Å². The van der Waals surface area contributed by atoms with Crippen molar-refractivity contribution >= 4 is 31.4 Å². The van der Waals surface area contributed by atoms with Crippen molar-refractivity contribution < 1.29 is 16.8 Å². The number of sulfonamides is 2. The molecule has 20 heavy (non-hydrogen) atoms. The Labute approximate surface area is 124 Å². The minimum absolute atomic E-state index is 0.0462. The van der Waals surface area contributed by atoms with Gasteiger partial charge in [-0.1, -0.05) is 0 Å². The lowest BCUT2D eigenvalue weighted by Gasteiger charge is -2.23. The van der Waals surface area contributed by atoms with Crippen LogP contribution in [0.25, 0.3) is 0 Å². The third-order valence-electron chi connectivity index (χ3n) is 2.61. The van der Waals surface area contributed by atoms with Crippen LogP contribution in [0.3, 0.4) is 0 Å². The summed E-state index contributed by atoms with van der Waals surface area (Å²) in [4.78, 5) is 0.908. The third-order valence-corrected chi connectivity index (χ3v) is 7.02. The largest absolute Gasteiger partial charge is 0.250 e. The van der Waals surface area contributed by atoms with Gasteiger partial charge in [-0.25, -0.2) is 21.6 Å². The van der Waals surface area contributed by atoms with Gasteiger partial charge in [0.15, 0.2) is 0 Å². The number of thiophene rings is 1. The van der Waals surface area contributed by atoms with E-state index in [-0.39, 0.29) is 23.3 Å². The van der Waals surface area contributed by atoms with Crippen LogP contribution in [0.4, 0.5) is 0 Å². The van der Waals surface area contributed by atoms with Crippen molar-refractivity contribution in [2.45, 2.75) is 31.0 Å². The van der Waals surface area contributed by atoms with Crippen LogP contribution in [0.5, 0.6) is 0 Å². The molecule has 0 amide bonds. The van der Waals surface area contributed by atoms with Crippen molar-refractivity contribution in [1.82, 2.24) is 9.03 Å². The number of nitrogens with one attached hydrogen (secondary N) is 1. The molecule has 0 spiro atoms. The molecule has 9 heteroatoms. The van der Waals surface area contributed by atoms with E-state index in [1.54, 1.807) is 26.0 Å². The van der Waals surface area contributed by atoms with E-state index in [1.807, 2.05) is 6.92 Å². The van der Waals surface area contributed by atoms with Gasteiger partial charge in [-0.3, -0.25) is 0 Å². The highest BCUT2D eigenvalue weighted by Gasteiger charge is 2.21. The lowest BCUT2D eigenvalue weighted by molar-refractivity contribution is 0.360. The first-order valence-electron chi connectivity index (χ1n) is 6.07. The van der Waals surface area contributed by atoms with Gasteiger partial charge in [0.1, 0.15) is 4.21 Å². The van der Waals surface area contributed by atoms with Crippen LogP contribution >= 0.6 is 11.3 Å². The van der Waals surface area contributed by atoms with Crippen molar-refractivity contribution in [1.29, 1.82) is 0 Å². The monoisotopic (exact) mass is 340 g/mol. The summed E-state index contributed by atoms with van der Waals surface area (Å²) < 4.78 is 51.0. The topological polar surface area (TPSA) is 83.6 Å². The molecule has 0 aliphatic rings. The molecule has 6 nitrogen and oxygen atoms in total. The SMILES string of the molecule is Cc1ccc(S(=O)(=O)NCCN(C(C)C)S(C)(=O)=O)s1. The van der Waals surface area contributed by atoms with Gasteiger partial charge in [-0.15, -0.1) is 11.3 Å². The summed E-state index contributed by atoms with van der Waals surface area (Å²) in [6.45, 7) is 5.48. The van der Waals surface area contributed by atoms with E-state index in [0.717, 1.165) is 11.1 Å². The van der Waals surface area contributed by atoms with Crippen molar-refractivity contribution in [2.75, 3.05) is 19.3 Å². The van der Waals surface area contributed by atoms with E-state index in [9.17, 15) is 16.8 Å². The van der Waals surface area contributed by atoms with E-state index < -0.39 is 20.0 Å². The van der Waals surface area contributed by atoms with Gasteiger partial charge in [0.2, 0.25) is 20.0 Å². The molecule has 0 atom stereocenters. The normalized spacial score (nSPS) is 13.3. The second-order valence-corrected chi connectivity index (χ2v) is 9.95. The molecule has 1 heterocycles. The maximum absolute atomic E-state index is 12.0. The highest BCUT2D eigenvalue weighted by Crippen LogP contribution is 2.20. The van der Waals surface area contributed by atoms with Gasteiger partial charge in [-0.2, -0.15) is 4.31 Å². The molecule has 0 bridgehead atoms. The Hall–Kier alpha value is -0.480. The zero-order valence-electron chi connectivity index (χ0n) is 12.0. The number of nitrogens with zero attached hydrogens (tertiary/aromatic N) is 1. The fraction of sp³-hybridized carbons (Fsp3) is 0.636. The van der Waals surface area contributed by atoms with Crippen molar-refractivity contribution in [3.8, 4) is 0 Å². The molecule has 0 fully saturated rings. The Kier molecular flexibility index (Phi) is 5.73. The molecule has 116 valence electrons. The molecule has 0 aliphatic carbocycles. The standard InChI is InChI=1S/C11H20N2O4S3/c1-9(2)13(19(4,14)15)8-7-12-20(16,17)11-6-5-10(3)18-11/h5-6,9,12H,7-8H2,1-4H3. The van der Waals surface area contributed by atoms with Crippen molar-refractivity contribution in [3.05, 3.63) is 17.0 Å². The molecule has 1 N–H and O–H groups in total. The smallest absolute Gasteiger partial charge is 0.212 e. The Morgan fingerprint density at radius 2 is 1.85 bits per heavy atom. The van der Waals surface area contributed by atoms with Gasteiger partial charge < -0.3 is 0 Å². The molecular formula is C11H20N2O4S3. The van der Waals surface area contributed by atoms with Gasteiger partial charge in [0.25, 0.3) is 0 Å². The lowest BCUT2D eigenvalue weighted by Crippen LogP contribution is -2.41. The summed E-state index contributed by atoms with van der Waals surface area (Å²) in [5, 5.41) is 0. The number of hydrogen-bond acceptors (Lipinski definition) is 5. The minimum Gasteiger partial charge on any atom is -0.212 e. The van der Waals surface area contributed by atoms with Gasteiger partial charge in [0.05, 0.1) is 6.26 Å². The molecular weight excluding hydrogens is 320 g/mol. The predicted octanol–water partition coefficient (Wildman–Crippen LogP) is 1.00. The van der Waals surface area contributed by atoms with E-state index >= 15 is 0 Å². The summed E-state index contributed by atoms with van der Waals surface area (Å²) in [5.74, 6) is 0. The zero-order valence-corrected chi connectivity index (χ0v) is 14.4. The lowest BCUT2D eigenvalue weighted by atomic mass is 10.4. The summed E-state index contributed by atoms with van der Waals surface area (Å²) in [6, 6.07) is 3.06. The van der Waals surface area contributed by atoms with Crippen LogP contribution in [-0.2, 0) is 20.0 Å². The Morgan fingerprint density at radius 3 is 2.25 bits per heavy atom.